The zero-order valence-electron chi connectivity index (χ0n) is 11.4. The quantitative estimate of drug-likeness (QED) is 0.749. The highest BCUT2D eigenvalue weighted by atomic mass is 16.1. The number of hydrogen-bond donors (Lipinski definition) is 2. The summed E-state index contributed by atoms with van der Waals surface area (Å²) in [5, 5.41) is 0. The second kappa shape index (κ2) is 6.50. The van der Waals surface area contributed by atoms with Crippen LogP contribution in [0.1, 0.15) is 65.2 Å². The molecule has 4 N–H and O–H groups in total. The molecular formula is C14H28N2O. The molecule has 3 atom stereocenters. The predicted octanol–water partition coefficient (Wildman–Crippen LogP) is 2.37. The third-order valence-electron chi connectivity index (χ3n) is 4.25. The normalized spacial score (nSPS) is 31.2. The van der Waals surface area contributed by atoms with E-state index in [1.165, 1.54) is 0 Å². The topological polar surface area (TPSA) is 69.1 Å². The van der Waals surface area contributed by atoms with Crippen LogP contribution in [0.25, 0.3) is 0 Å². The number of hydrogen-bond acceptors (Lipinski definition) is 3. The molecule has 17 heavy (non-hydrogen) atoms. The van der Waals surface area contributed by atoms with Gasteiger partial charge in [-0.3, -0.25) is 4.79 Å². The Morgan fingerprint density at radius 3 is 2.65 bits per heavy atom. The van der Waals surface area contributed by atoms with Gasteiger partial charge in [0.15, 0.2) is 5.78 Å². The monoisotopic (exact) mass is 240 g/mol. The van der Waals surface area contributed by atoms with Crippen LogP contribution in [0.3, 0.4) is 0 Å². The Labute approximate surface area is 105 Å². The molecule has 3 unspecified atom stereocenters. The molecule has 1 aliphatic carbocycles. The van der Waals surface area contributed by atoms with Crippen molar-refractivity contribution in [3.05, 3.63) is 0 Å². The molecule has 0 aromatic heterocycles. The minimum absolute atomic E-state index is 0.115. The summed E-state index contributed by atoms with van der Waals surface area (Å²) in [6, 6.07) is -0.139. The number of rotatable bonds is 6. The lowest BCUT2D eigenvalue weighted by Gasteiger charge is -2.39. The lowest BCUT2D eigenvalue weighted by atomic mass is 9.71. The maximum atomic E-state index is 12.6. The second-order valence-electron chi connectivity index (χ2n) is 5.50. The van der Waals surface area contributed by atoms with Crippen molar-refractivity contribution in [1.82, 2.24) is 0 Å². The van der Waals surface area contributed by atoms with Crippen molar-refractivity contribution in [1.29, 1.82) is 0 Å². The summed E-state index contributed by atoms with van der Waals surface area (Å²) in [6.45, 7) is 4.23. The summed E-state index contributed by atoms with van der Waals surface area (Å²) in [5.41, 5.74) is 11.7. The van der Waals surface area contributed by atoms with E-state index in [1.54, 1.807) is 0 Å². The van der Waals surface area contributed by atoms with Gasteiger partial charge >= 0.3 is 0 Å². The van der Waals surface area contributed by atoms with Gasteiger partial charge in [-0.2, -0.15) is 0 Å². The van der Waals surface area contributed by atoms with Gasteiger partial charge in [0.25, 0.3) is 0 Å². The van der Waals surface area contributed by atoms with Crippen LogP contribution >= 0.6 is 0 Å². The number of carbonyl (C=O) groups excluding carboxylic acids is 1. The Bertz CT molecular complexity index is 255. The summed E-state index contributed by atoms with van der Waals surface area (Å²) in [7, 11) is 0. The zero-order chi connectivity index (χ0) is 12.9. The fraction of sp³-hybridized carbons (Fsp3) is 0.929. The number of ketones is 1. The van der Waals surface area contributed by atoms with E-state index in [9.17, 15) is 4.79 Å². The third-order valence-corrected chi connectivity index (χ3v) is 4.25. The van der Waals surface area contributed by atoms with E-state index in [0.29, 0.717) is 0 Å². The molecule has 0 spiro atoms. The fourth-order valence-corrected chi connectivity index (χ4v) is 2.88. The Morgan fingerprint density at radius 2 is 2.12 bits per heavy atom. The Morgan fingerprint density at radius 1 is 1.41 bits per heavy atom. The fourth-order valence-electron chi connectivity index (χ4n) is 2.88. The molecular weight excluding hydrogens is 212 g/mol. The van der Waals surface area contributed by atoms with E-state index in [1.807, 2.05) is 0 Å². The minimum Gasteiger partial charge on any atom is -0.326 e. The van der Waals surface area contributed by atoms with Crippen molar-refractivity contribution in [3.8, 4) is 0 Å². The number of carbonyl (C=O) groups is 1. The van der Waals surface area contributed by atoms with Crippen LogP contribution in [0.4, 0.5) is 0 Å². The van der Waals surface area contributed by atoms with Gasteiger partial charge in [-0.05, 0) is 25.7 Å². The first-order valence-corrected chi connectivity index (χ1v) is 7.15. The van der Waals surface area contributed by atoms with Crippen LogP contribution in [0.2, 0.25) is 0 Å². The molecule has 1 fully saturated rings. The van der Waals surface area contributed by atoms with Gasteiger partial charge in [0.05, 0.1) is 5.54 Å². The first-order valence-electron chi connectivity index (χ1n) is 7.15. The maximum Gasteiger partial charge on any atom is 0.157 e. The third kappa shape index (κ3) is 3.29. The number of unbranched alkanes of at least 4 members (excludes halogenated alkanes) is 1. The molecule has 0 amide bonds. The molecule has 0 aromatic carbocycles. The van der Waals surface area contributed by atoms with Crippen LogP contribution in [0.5, 0.6) is 0 Å². The van der Waals surface area contributed by atoms with E-state index in [-0.39, 0.29) is 17.7 Å². The summed E-state index contributed by atoms with van der Waals surface area (Å²) in [4.78, 5) is 12.6. The van der Waals surface area contributed by atoms with E-state index in [2.05, 4.69) is 13.8 Å². The van der Waals surface area contributed by atoms with Gasteiger partial charge in [-0.1, -0.05) is 39.5 Å². The van der Waals surface area contributed by atoms with Gasteiger partial charge in [0, 0.05) is 12.0 Å². The summed E-state index contributed by atoms with van der Waals surface area (Å²) >= 11 is 0. The van der Waals surface area contributed by atoms with Crippen LogP contribution in [-0.2, 0) is 4.79 Å². The van der Waals surface area contributed by atoms with Crippen LogP contribution < -0.4 is 11.5 Å². The van der Waals surface area contributed by atoms with Gasteiger partial charge in [-0.15, -0.1) is 0 Å². The van der Waals surface area contributed by atoms with Crippen LogP contribution in [-0.4, -0.2) is 17.4 Å². The van der Waals surface area contributed by atoms with Gasteiger partial charge in [-0.25, -0.2) is 0 Å². The molecule has 3 heteroatoms. The molecule has 1 aliphatic rings. The first kappa shape index (κ1) is 14.7. The Kier molecular flexibility index (Phi) is 5.60. The molecule has 1 rings (SSSR count). The standard InChI is InChI=1S/C14H28N2O/c1-3-5-8-11(4-2)13(17)14(16)10-7-6-9-12(14)15/h11-12H,3-10,15-16H2,1-2H3. The molecule has 0 saturated heterocycles. The molecule has 3 nitrogen and oxygen atoms in total. The largest absolute Gasteiger partial charge is 0.326 e. The smallest absolute Gasteiger partial charge is 0.157 e. The molecule has 0 radical (unpaired) electrons. The van der Waals surface area contributed by atoms with Gasteiger partial charge in [0.2, 0.25) is 0 Å². The lowest BCUT2D eigenvalue weighted by Crippen LogP contribution is -2.63. The van der Waals surface area contributed by atoms with Crippen LogP contribution in [0.15, 0.2) is 0 Å². The van der Waals surface area contributed by atoms with Crippen molar-refractivity contribution in [3.63, 3.8) is 0 Å². The highest BCUT2D eigenvalue weighted by Crippen LogP contribution is 2.30. The molecule has 0 bridgehead atoms. The van der Waals surface area contributed by atoms with E-state index >= 15 is 0 Å². The van der Waals surface area contributed by atoms with Crippen LogP contribution in [0, 0.1) is 5.92 Å². The maximum absolute atomic E-state index is 12.6. The first-order chi connectivity index (χ1) is 8.06. The summed E-state index contributed by atoms with van der Waals surface area (Å²) in [5.74, 6) is 0.338. The number of nitrogens with two attached hydrogens (primary N) is 2. The molecule has 0 heterocycles. The van der Waals surface area contributed by atoms with Crippen molar-refractivity contribution >= 4 is 5.78 Å². The van der Waals surface area contributed by atoms with Crippen molar-refractivity contribution in [2.45, 2.75) is 76.8 Å². The lowest BCUT2D eigenvalue weighted by molar-refractivity contribution is -0.130. The van der Waals surface area contributed by atoms with E-state index < -0.39 is 5.54 Å². The minimum atomic E-state index is -0.743. The highest BCUT2D eigenvalue weighted by Gasteiger charge is 2.43. The summed E-state index contributed by atoms with van der Waals surface area (Å²) < 4.78 is 0. The SMILES string of the molecule is CCCCC(CC)C(=O)C1(N)CCCCC1N. The van der Waals surface area contributed by atoms with Crippen molar-refractivity contribution < 1.29 is 4.79 Å². The molecule has 0 aliphatic heterocycles. The molecule has 0 aromatic rings. The Balaban J connectivity index is 2.70. The van der Waals surface area contributed by atoms with Crippen molar-refractivity contribution in [2.24, 2.45) is 17.4 Å². The molecule has 1 saturated carbocycles. The Hall–Kier alpha value is -0.410. The molecule has 100 valence electrons. The summed E-state index contributed by atoms with van der Waals surface area (Å²) in [6.07, 6.45) is 7.92. The zero-order valence-corrected chi connectivity index (χ0v) is 11.4. The predicted molar refractivity (Wildman–Crippen MR) is 71.7 cm³/mol. The van der Waals surface area contributed by atoms with E-state index in [0.717, 1.165) is 51.4 Å². The average Bonchev–Trinajstić information content (AvgIpc) is 2.33. The number of Topliss-reactive ketones (excluding diaryl/α,β-unsaturated/α-hetero) is 1. The van der Waals surface area contributed by atoms with Crippen molar-refractivity contribution in [2.75, 3.05) is 0 Å². The van der Waals surface area contributed by atoms with Gasteiger partial charge < -0.3 is 11.5 Å². The van der Waals surface area contributed by atoms with Gasteiger partial charge in [0.1, 0.15) is 0 Å². The van der Waals surface area contributed by atoms with E-state index in [4.69, 9.17) is 11.5 Å². The second-order valence-corrected chi connectivity index (χ2v) is 5.50. The average molecular weight is 240 g/mol. The highest BCUT2D eigenvalue weighted by molar-refractivity contribution is 5.91.